The number of hydrogen-bond acceptors (Lipinski definition) is 3. The lowest BCUT2D eigenvalue weighted by Crippen LogP contribution is -2.38. The molecular weight excluding hydrogens is 489 g/mol. The van der Waals surface area contributed by atoms with Gasteiger partial charge in [0, 0.05) is 50.4 Å². The van der Waals surface area contributed by atoms with E-state index >= 15 is 0 Å². The number of piperidine rings is 1. The lowest BCUT2D eigenvalue weighted by atomic mass is 9.88. The fraction of sp³-hybridized carbons (Fsp3) is 0.300. The Morgan fingerprint density at radius 2 is 1.81 bits per heavy atom. The maximum Gasteiger partial charge on any atom is 0.256 e. The van der Waals surface area contributed by atoms with Gasteiger partial charge in [-0.25, -0.2) is 4.39 Å². The normalized spacial score (nSPS) is 14.1. The summed E-state index contributed by atoms with van der Waals surface area (Å²) < 4.78 is 22.0. The second-order valence-electron chi connectivity index (χ2n) is 9.42. The molecule has 5 rings (SSSR count). The number of methoxy groups -OCH3 is 1. The molecule has 1 fully saturated rings. The fourth-order valence-corrected chi connectivity index (χ4v) is 5.34. The van der Waals surface area contributed by atoms with Gasteiger partial charge < -0.3 is 19.9 Å². The van der Waals surface area contributed by atoms with Crippen molar-refractivity contribution >= 4 is 29.2 Å². The topological polar surface area (TPSA) is 60.5 Å². The number of benzene rings is 3. The molecule has 0 atom stereocenters. The molecule has 0 bridgehead atoms. The summed E-state index contributed by atoms with van der Waals surface area (Å²) in [7, 11) is 1.68. The number of amides is 1. The summed E-state index contributed by atoms with van der Waals surface area (Å²) >= 11 is 0. The van der Waals surface area contributed by atoms with Crippen molar-refractivity contribution in [1.29, 1.82) is 0 Å². The third-order valence-corrected chi connectivity index (χ3v) is 7.28. The number of nitrogens with two attached hydrogens (primary N) is 1. The summed E-state index contributed by atoms with van der Waals surface area (Å²) in [5.41, 5.74) is 11.3. The van der Waals surface area contributed by atoms with E-state index in [2.05, 4.69) is 28.8 Å². The van der Waals surface area contributed by atoms with Crippen LogP contribution in [0.15, 0.2) is 72.9 Å². The first-order valence-electron chi connectivity index (χ1n) is 12.5. The molecule has 1 aliphatic heterocycles. The Bertz CT molecular complexity index is 1360. The minimum absolute atomic E-state index is 0. The second-order valence-corrected chi connectivity index (χ2v) is 9.42. The number of halogens is 2. The smallest absolute Gasteiger partial charge is 0.256 e. The average Bonchev–Trinajstić information content (AvgIpc) is 3.31. The monoisotopic (exact) mass is 521 g/mol. The van der Waals surface area contributed by atoms with Crippen LogP contribution in [0, 0.1) is 5.82 Å². The third kappa shape index (κ3) is 5.42. The van der Waals surface area contributed by atoms with Crippen LogP contribution in [0.4, 0.5) is 4.39 Å². The molecule has 5 nitrogen and oxygen atoms in total. The second kappa shape index (κ2) is 11.9. The van der Waals surface area contributed by atoms with Crippen LogP contribution in [0.25, 0.3) is 22.0 Å². The molecule has 1 aliphatic rings. The minimum Gasteiger partial charge on any atom is -0.383 e. The molecule has 0 saturated carbocycles. The van der Waals surface area contributed by atoms with Crippen molar-refractivity contribution in [2.24, 2.45) is 5.73 Å². The highest BCUT2D eigenvalue weighted by Gasteiger charge is 2.29. The van der Waals surface area contributed by atoms with Crippen molar-refractivity contribution in [3.63, 3.8) is 0 Å². The molecule has 194 valence electrons. The van der Waals surface area contributed by atoms with E-state index in [0.717, 1.165) is 40.4 Å². The van der Waals surface area contributed by atoms with Gasteiger partial charge in [0.15, 0.2) is 0 Å². The van der Waals surface area contributed by atoms with E-state index < -0.39 is 0 Å². The van der Waals surface area contributed by atoms with Gasteiger partial charge in [0.25, 0.3) is 5.91 Å². The largest absolute Gasteiger partial charge is 0.383 e. The SMILES string of the molecule is COCCn1cc(C(=O)N2CCC(c3cc(CN)ccc3F)CC2)c2c(-c3ccccc3)cccc21.Cl. The highest BCUT2D eigenvalue weighted by atomic mass is 35.5. The summed E-state index contributed by atoms with van der Waals surface area (Å²) in [6.45, 7) is 2.80. The maximum atomic E-state index is 14.6. The van der Waals surface area contributed by atoms with Gasteiger partial charge in [-0.2, -0.15) is 0 Å². The van der Waals surface area contributed by atoms with Gasteiger partial charge >= 0.3 is 0 Å². The number of hydrogen-bond donors (Lipinski definition) is 1. The highest BCUT2D eigenvalue weighted by molar-refractivity contribution is 6.12. The maximum absolute atomic E-state index is 14.6. The molecule has 0 aliphatic carbocycles. The number of fused-ring (bicyclic) bond motifs is 1. The summed E-state index contributed by atoms with van der Waals surface area (Å²) in [5, 5.41) is 0.966. The summed E-state index contributed by atoms with van der Waals surface area (Å²) in [5.74, 6) is -0.0802. The van der Waals surface area contributed by atoms with Gasteiger partial charge in [0.05, 0.1) is 12.2 Å². The van der Waals surface area contributed by atoms with Crippen LogP contribution in [-0.2, 0) is 17.8 Å². The van der Waals surface area contributed by atoms with Crippen LogP contribution in [0.3, 0.4) is 0 Å². The zero-order chi connectivity index (χ0) is 25.1. The van der Waals surface area contributed by atoms with Crippen molar-refractivity contribution in [2.45, 2.75) is 31.8 Å². The lowest BCUT2D eigenvalue weighted by molar-refractivity contribution is 0.0714. The van der Waals surface area contributed by atoms with Crippen molar-refractivity contribution in [3.8, 4) is 11.1 Å². The van der Waals surface area contributed by atoms with Crippen LogP contribution >= 0.6 is 12.4 Å². The van der Waals surface area contributed by atoms with Crippen molar-refractivity contribution < 1.29 is 13.9 Å². The predicted octanol–water partition coefficient (Wildman–Crippen LogP) is 5.99. The quantitative estimate of drug-likeness (QED) is 0.325. The summed E-state index contributed by atoms with van der Waals surface area (Å²) in [6, 6.07) is 21.5. The van der Waals surface area contributed by atoms with Gasteiger partial charge in [0.1, 0.15) is 5.82 Å². The molecule has 0 radical (unpaired) electrons. The predicted molar refractivity (Wildman–Crippen MR) is 149 cm³/mol. The number of ether oxygens (including phenoxy) is 1. The minimum atomic E-state index is -0.189. The van der Waals surface area contributed by atoms with Crippen molar-refractivity contribution in [2.75, 3.05) is 26.8 Å². The molecule has 7 heteroatoms. The lowest BCUT2D eigenvalue weighted by Gasteiger charge is -2.32. The number of carbonyl (C=O) groups is 1. The first-order chi connectivity index (χ1) is 17.6. The molecular formula is C30H33ClFN3O2. The molecule has 1 saturated heterocycles. The Hall–Kier alpha value is -3.19. The molecule has 2 heterocycles. The first-order valence-corrected chi connectivity index (χ1v) is 12.5. The molecule has 0 spiro atoms. The van der Waals surface area contributed by atoms with Gasteiger partial charge in [-0.3, -0.25) is 4.79 Å². The fourth-order valence-electron chi connectivity index (χ4n) is 5.34. The van der Waals surface area contributed by atoms with Crippen LogP contribution < -0.4 is 5.73 Å². The van der Waals surface area contributed by atoms with Crippen LogP contribution in [0.1, 0.15) is 40.2 Å². The third-order valence-electron chi connectivity index (χ3n) is 7.28. The van der Waals surface area contributed by atoms with E-state index in [1.54, 1.807) is 13.2 Å². The molecule has 3 aromatic carbocycles. The summed E-state index contributed by atoms with van der Waals surface area (Å²) in [6.07, 6.45) is 3.42. The molecule has 0 unspecified atom stereocenters. The Morgan fingerprint density at radius 1 is 1.05 bits per heavy atom. The van der Waals surface area contributed by atoms with Gasteiger partial charge in [-0.05, 0) is 53.1 Å². The molecule has 4 aromatic rings. The van der Waals surface area contributed by atoms with Crippen LogP contribution in [-0.4, -0.2) is 42.2 Å². The van der Waals surface area contributed by atoms with Crippen molar-refractivity contribution in [3.05, 3.63) is 95.4 Å². The molecule has 1 aromatic heterocycles. The van der Waals surface area contributed by atoms with Crippen LogP contribution in [0.5, 0.6) is 0 Å². The van der Waals surface area contributed by atoms with E-state index in [-0.39, 0.29) is 30.0 Å². The van der Waals surface area contributed by atoms with E-state index in [0.29, 0.717) is 43.9 Å². The first kappa shape index (κ1) is 26.9. The van der Waals surface area contributed by atoms with Crippen molar-refractivity contribution in [1.82, 2.24) is 9.47 Å². The number of carbonyl (C=O) groups excluding carboxylic acids is 1. The standard InChI is InChI=1S/C30H32FN3O2.ClH/c1-36-17-16-34-20-26(29-24(8-5-9-28(29)34)22-6-3-2-4-7-22)30(35)33-14-12-23(13-15-33)25-18-21(19-32)10-11-27(25)31;/h2-11,18,20,23H,12-17,19,32H2,1H3;1H. The van der Waals surface area contributed by atoms with Gasteiger partial charge in [-0.15, -0.1) is 12.4 Å². The van der Waals surface area contributed by atoms with Gasteiger partial charge in [0.2, 0.25) is 0 Å². The molecule has 1 amide bonds. The Kier molecular flexibility index (Phi) is 8.64. The summed E-state index contributed by atoms with van der Waals surface area (Å²) in [4.78, 5) is 15.8. The zero-order valence-electron chi connectivity index (χ0n) is 21.0. The van der Waals surface area contributed by atoms with E-state index in [4.69, 9.17) is 10.5 Å². The average molecular weight is 522 g/mol. The van der Waals surface area contributed by atoms with Crippen LogP contribution in [0.2, 0.25) is 0 Å². The number of aromatic nitrogens is 1. The van der Waals surface area contributed by atoms with E-state index in [1.807, 2.05) is 41.4 Å². The van der Waals surface area contributed by atoms with Gasteiger partial charge in [-0.1, -0.05) is 54.6 Å². The number of nitrogens with zero attached hydrogens (tertiary/aromatic N) is 2. The van der Waals surface area contributed by atoms with E-state index in [9.17, 15) is 9.18 Å². The Balaban J connectivity index is 0.00000320. The Morgan fingerprint density at radius 3 is 2.51 bits per heavy atom. The molecule has 37 heavy (non-hydrogen) atoms. The zero-order valence-corrected chi connectivity index (χ0v) is 21.8. The number of likely N-dealkylation sites (tertiary alicyclic amines) is 1. The molecule has 2 N–H and O–H groups in total. The van der Waals surface area contributed by atoms with E-state index in [1.165, 1.54) is 6.07 Å². The number of rotatable bonds is 7. The highest BCUT2D eigenvalue weighted by Crippen LogP contribution is 2.35. The Labute approximate surface area is 223 Å².